The van der Waals surface area contributed by atoms with Crippen molar-refractivity contribution in [3.05, 3.63) is 35.7 Å². The molecule has 2 rings (SSSR count). The number of aromatic amines is 1. The predicted molar refractivity (Wildman–Crippen MR) is 66.2 cm³/mol. The molecule has 1 unspecified atom stereocenters. The lowest BCUT2D eigenvalue weighted by Crippen LogP contribution is -2.31. The van der Waals surface area contributed by atoms with Crippen molar-refractivity contribution in [2.45, 2.75) is 19.1 Å². The molecule has 0 aliphatic rings. The number of benzene rings is 1. The van der Waals surface area contributed by atoms with E-state index in [2.05, 4.69) is 31.3 Å². The number of rotatable bonds is 3. The lowest BCUT2D eigenvalue weighted by atomic mass is 10.2. The topological polar surface area (TPSA) is 95.6 Å². The first-order valence-corrected chi connectivity index (χ1v) is 5.84. The van der Waals surface area contributed by atoms with Gasteiger partial charge in [0.05, 0.1) is 11.6 Å². The molecule has 1 heterocycles. The number of carbonyl (C=O) groups is 1. The number of aromatic nitrogens is 4. The minimum absolute atomic E-state index is 0.0302. The Morgan fingerprint density at radius 2 is 2.14 bits per heavy atom. The Morgan fingerprint density at radius 3 is 2.76 bits per heavy atom. The van der Waals surface area contributed by atoms with Crippen molar-refractivity contribution in [1.82, 2.24) is 25.9 Å². The Kier molecular flexibility index (Phi) is 4.05. The normalized spacial score (nSPS) is 12.8. The molecular formula is C11H11F3N6O. The van der Waals surface area contributed by atoms with Crippen molar-refractivity contribution in [1.29, 1.82) is 0 Å². The summed E-state index contributed by atoms with van der Waals surface area (Å²) < 4.78 is 37.6. The molecule has 0 fully saturated rings. The van der Waals surface area contributed by atoms with E-state index in [0.29, 0.717) is 0 Å². The first kappa shape index (κ1) is 14.8. The van der Waals surface area contributed by atoms with Crippen LogP contribution in [0, 0.1) is 0 Å². The third-order valence-electron chi connectivity index (χ3n) is 2.54. The van der Waals surface area contributed by atoms with Crippen LogP contribution in [0.25, 0.3) is 0 Å². The monoisotopic (exact) mass is 300 g/mol. The molecule has 112 valence electrons. The molecule has 2 aromatic rings. The summed E-state index contributed by atoms with van der Waals surface area (Å²) in [6, 6.07) is 3.11. The van der Waals surface area contributed by atoms with Gasteiger partial charge in [-0.1, -0.05) is 11.3 Å². The van der Waals surface area contributed by atoms with Crippen LogP contribution in [0.4, 0.5) is 23.7 Å². The van der Waals surface area contributed by atoms with Crippen LogP contribution in [0.5, 0.6) is 0 Å². The Hall–Kier alpha value is -2.65. The van der Waals surface area contributed by atoms with Crippen LogP contribution in [-0.4, -0.2) is 26.7 Å². The summed E-state index contributed by atoms with van der Waals surface area (Å²) in [6.45, 7) is 1.61. The fourth-order valence-corrected chi connectivity index (χ4v) is 1.55. The molecule has 0 saturated heterocycles. The molecule has 0 saturated carbocycles. The van der Waals surface area contributed by atoms with Crippen molar-refractivity contribution in [2.75, 3.05) is 5.32 Å². The van der Waals surface area contributed by atoms with Crippen LogP contribution in [0.2, 0.25) is 0 Å². The first-order chi connectivity index (χ1) is 9.86. The van der Waals surface area contributed by atoms with Gasteiger partial charge in [-0.3, -0.25) is 0 Å². The summed E-state index contributed by atoms with van der Waals surface area (Å²) in [5, 5.41) is 17.7. The number of hydrogen-bond acceptors (Lipinski definition) is 4. The van der Waals surface area contributed by atoms with Crippen LogP contribution >= 0.6 is 0 Å². The molecule has 21 heavy (non-hydrogen) atoms. The first-order valence-electron chi connectivity index (χ1n) is 5.84. The molecule has 0 aliphatic carbocycles. The molecule has 0 spiro atoms. The minimum atomic E-state index is -4.47. The van der Waals surface area contributed by atoms with Gasteiger partial charge in [0.25, 0.3) is 0 Å². The summed E-state index contributed by atoms with van der Waals surface area (Å²) >= 11 is 0. The number of anilines is 1. The maximum atomic E-state index is 12.5. The number of H-pyrrole nitrogens is 1. The van der Waals surface area contributed by atoms with Crippen LogP contribution in [0.1, 0.15) is 24.4 Å². The van der Waals surface area contributed by atoms with E-state index >= 15 is 0 Å². The van der Waals surface area contributed by atoms with E-state index < -0.39 is 23.8 Å². The van der Waals surface area contributed by atoms with Gasteiger partial charge in [-0.05, 0) is 25.1 Å². The second kappa shape index (κ2) is 5.77. The fraction of sp³-hybridized carbons (Fsp3) is 0.273. The Morgan fingerprint density at radius 1 is 1.38 bits per heavy atom. The number of urea groups is 1. The molecule has 7 nitrogen and oxygen atoms in total. The number of halogens is 3. The van der Waals surface area contributed by atoms with Crippen molar-refractivity contribution < 1.29 is 18.0 Å². The minimum Gasteiger partial charge on any atom is -0.328 e. The van der Waals surface area contributed by atoms with E-state index in [9.17, 15) is 18.0 Å². The lowest BCUT2D eigenvalue weighted by Gasteiger charge is -2.12. The van der Waals surface area contributed by atoms with Gasteiger partial charge >= 0.3 is 12.2 Å². The second-order valence-electron chi connectivity index (χ2n) is 4.17. The molecule has 0 aliphatic heterocycles. The summed E-state index contributed by atoms with van der Waals surface area (Å²) in [6.07, 6.45) is -4.47. The standard InChI is InChI=1S/C11H11F3N6O/c1-6(9-17-19-20-18-9)15-10(21)16-8-4-2-3-7(5-8)11(12,13)14/h2-6H,1H3,(H2,15,16,21)(H,17,18,19,20). The Labute approximate surface area is 116 Å². The molecule has 0 bridgehead atoms. The summed E-state index contributed by atoms with van der Waals surface area (Å²) in [7, 11) is 0. The maximum Gasteiger partial charge on any atom is 0.416 e. The quantitative estimate of drug-likeness (QED) is 0.809. The van der Waals surface area contributed by atoms with Crippen molar-refractivity contribution >= 4 is 11.7 Å². The Bertz CT molecular complexity index is 613. The van der Waals surface area contributed by atoms with Gasteiger partial charge in [0, 0.05) is 5.69 Å². The zero-order chi connectivity index (χ0) is 15.5. The highest BCUT2D eigenvalue weighted by Crippen LogP contribution is 2.30. The smallest absolute Gasteiger partial charge is 0.328 e. The lowest BCUT2D eigenvalue weighted by molar-refractivity contribution is -0.137. The highest BCUT2D eigenvalue weighted by Gasteiger charge is 2.30. The van der Waals surface area contributed by atoms with Gasteiger partial charge in [0.1, 0.15) is 0 Å². The number of alkyl halides is 3. The Balaban J connectivity index is 2.00. The third kappa shape index (κ3) is 3.91. The van der Waals surface area contributed by atoms with Crippen LogP contribution in [0.3, 0.4) is 0 Å². The summed E-state index contributed by atoms with van der Waals surface area (Å²) in [4.78, 5) is 11.7. The predicted octanol–water partition coefficient (Wildman–Crippen LogP) is 2.10. The van der Waals surface area contributed by atoms with Crippen LogP contribution in [-0.2, 0) is 6.18 Å². The van der Waals surface area contributed by atoms with Gasteiger partial charge in [0.15, 0.2) is 5.82 Å². The number of nitrogens with one attached hydrogen (secondary N) is 3. The summed E-state index contributed by atoms with van der Waals surface area (Å²) in [5.41, 5.74) is -0.811. The highest BCUT2D eigenvalue weighted by molar-refractivity contribution is 5.89. The van der Waals surface area contributed by atoms with E-state index in [-0.39, 0.29) is 11.5 Å². The number of tetrazole rings is 1. The van der Waals surface area contributed by atoms with Crippen molar-refractivity contribution in [3.8, 4) is 0 Å². The molecule has 2 amide bonds. The zero-order valence-electron chi connectivity index (χ0n) is 10.8. The van der Waals surface area contributed by atoms with Gasteiger partial charge in [-0.15, -0.1) is 10.2 Å². The average molecular weight is 300 g/mol. The van der Waals surface area contributed by atoms with Gasteiger partial charge in [-0.2, -0.15) is 18.4 Å². The number of amides is 2. The molecule has 1 aromatic heterocycles. The van der Waals surface area contributed by atoms with Gasteiger partial charge in [0.2, 0.25) is 0 Å². The van der Waals surface area contributed by atoms with E-state index in [1.807, 2.05) is 0 Å². The SMILES string of the molecule is CC(NC(=O)Nc1cccc(C(F)(F)F)c1)c1nn[nH]n1. The third-order valence-corrected chi connectivity index (χ3v) is 2.54. The van der Waals surface area contributed by atoms with E-state index in [4.69, 9.17) is 0 Å². The molecule has 0 radical (unpaired) electrons. The fourth-order valence-electron chi connectivity index (χ4n) is 1.55. The van der Waals surface area contributed by atoms with E-state index in [1.54, 1.807) is 6.92 Å². The van der Waals surface area contributed by atoms with Gasteiger partial charge < -0.3 is 10.6 Å². The largest absolute Gasteiger partial charge is 0.416 e. The number of hydrogen-bond donors (Lipinski definition) is 3. The zero-order valence-corrected chi connectivity index (χ0v) is 10.8. The molecule has 1 atom stereocenters. The van der Waals surface area contributed by atoms with Gasteiger partial charge in [-0.25, -0.2) is 4.79 Å². The molecule has 10 heteroatoms. The highest BCUT2D eigenvalue weighted by atomic mass is 19.4. The van der Waals surface area contributed by atoms with Crippen molar-refractivity contribution in [2.24, 2.45) is 0 Å². The maximum absolute atomic E-state index is 12.5. The van der Waals surface area contributed by atoms with E-state index in [0.717, 1.165) is 12.1 Å². The molecule has 1 aromatic carbocycles. The van der Waals surface area contributed by atoms with E-state index in [1.165, 1.54) is 12.1 Å². The van der Waals surface area contributed by atoms with Crippen LogP contribution < -0.4 is 10.6 Å². The van der Waals surface area contributed by atoms with Crippen LogP contribution in [0.15, 0.2) is 24.3 Å². The average Bonchev–Trinajstić information content (AvgIpc) is 2.91. The van der Waals surface area contributed by atoms with Crippen molar-refractivity contribution in [3.63, 3.8) is 0 Å². The molecular weight excluding hydrogens is 289 g/mol. The number of nitrogens with zero attached hydrogens (tertiary/aromatic N) is 3. The second-order valence-corrected chi connectivity index (χ2v) is 4.17. The number of carbonyl (C=O) groups excluding carboxylic acids is 1. The summed E-state index contributed by atoms with van der Waals surface area (Å²) in [5.74, 6) is 0.259. The molecule has 3 N–H and O–H groups in total.